The van der Waals surface area contributed by atoms with Crippen LogP contribution in [0.2, 0.25) is 0 Å². The predicted octanol–water partition coefficient (Wildman–Crippen LogP) is 3.98. The molecule has 0 unspecified atom stereocenters. The number of anilines is 1. The van der Waals surface area contributed by atoms with Gasteiger partial charge in [-0.25, -0.2) is 4.39 Å². The van der Waals surface area contributed by atoms with Crippen molar-refractivity contribution in [3.8, 4) is 0 Å². The number of hydrogen-bond donors (Lipinski definition) is 1. The van der Waals surface area contributed by atoms with Gasteiger partial charge >= 0.3 is 0 Å². The third-order valence-corrected chi connectivity index (χ3v) is 6.02. The number of benzene rings is 1. The number of pyridine rings is 1. The fraction of sp³-hybridized carbons (Fsp3) is 0.400. The van der Waals surface area contributed by atoms with Crippen molar-refractivity contribution >= 4 is 11.6 Å². The van der Waals surface area contributed by atoms with Gasteiger partial charge in [0.15, 0.2) is 0 Å². The Morgan fingerprint density at radius 1 is 1.12 bits per heavy atom. The second-order valence-corrected chi connectivity index (χ2v) is 8.75. The lowest BCUT2D eigenvalue weighted by molar-refractivity contribution is -0.117. The fourth-order valence-electron chi connectivity index (χ4n) is 4.42. The molecule has 168 valence electrons. The quantitative estimate of drug-likeness (QED) is 0.636. The number of piperidine rings is 1. The molecule has 0 saturated carbocycles. The van der Waals surface area contributed by atoms with Gasteiger partial charge in [0, 0.05) is 30.6 Å². The van der Waals surface area contributed by atoms with Gasteiger partial charge < -0.3 is 5.32 Å². The van der Waals surface area contributed by atoms with E-state index >= 15 is 0 Å². The van der Waals surface area contributed by atoms with E-state index in [0.29, 0.717) is 12.5 Å². The topological polar surface area (TPSA) is 63.1 Å². The number of carbonyl (C=O) groups is 1. The summed E-state index contributed by atoms with van der Waals surface area (Å²) >= 11 is 0. The number of rotatable bonds is 6. The first-order chi connectivity index (χ1) is 15.4. The van der Waals surface area contributed by atoms with E-state index in [4.69, 9.17) is 4.98 Å². The van der Waals surface area contributed by atoms with Crippen molar-refractivity contribution in [3.05, 3.63) is 76.6 Å². The van der Waals surface area contributed by atoms with Crippen molar-refractivity contribution in [1.29, 1.82) is 0 Å². The van der Waals surface area contributed by atoms with Crippen LogP contribution >= 0.6 is 0 Å². The lowest BCUT2D eigenvalue weighted by Gasteiger charge is -2.31. The Hall–Kier alpha value is -3.06. The molecule has 0 spiro atoms. The highest BCUT2D eigenvalue weighted by molar-refractivity contribution is 5.92. The van der Waals surface area contributed by atoms with Gasteiger partial charge in [-0.1, -0.05) is 12.1 Å². The van der Waals surface area contributed by atoms with Crippen LogP contribution in [0.25, 0.3) is 0 Å². The second-order valence-electron chi connectivity index (χ2n) is 8.75. The number of nitrogens with zero attached hydrogens (tertiary/aromatic N) is 4. The van der Waals surface area contributed by atoms with Crippen LogP contribution in [0.5, 0.6) is 0 Å². The van der Waals surface area contributed by atoms with Crippen molar-refractivity contribution in [2.24, 2.45) is 7.05 Å². The van der Waals surface area contributed by atoms with E-state index in [1.54, 1.807) is 4.68 Å². The zero-order valence-electron chi connectivity index (χ0n) is 18.9. The molecule has 1 aromatic carbocycles. The van der Waals surface area contributed by atoms with Crippen LogP contribution in [0, 0.1) is 19.7 Å². The van der Waals surface area contributed by atoms with Crippen LogP contribution in [0.1, 0.15) is 47.0 Å². The highest BCUT2D eigenvalue weighted by Crippen LogP contribution is 2.28. The molecule has 0 aliphatic carbocycles. The lowest BCUT2D eigenvalue weighted by Crippen LogP contribution is -2.39. The number of amides is 1. The van der Waals surface area contributed by atoms with Crippen LogP contribution < -0.4 is 5.32 Å². The van der Waals surface area contributed by atoms with Crippen molar-refractivity contribution in [3.63, 3.8) is 0 Å². The molecule has 4 rings (SSSR count). The number of carbonyl (C=O) groups excluding carboxylic acids is 1. The number of aromatic nitrogens is 3. The van der Waals surface area contributed by atoms with Gasteiger partial charge in [0.2, 0.25) is 5.91 Å². The molecule has 7 heteroatoms. The molecule has 1 aliphatic heterocycles. The van der Waals surface area contributed by atoms with Crippen LogP contribution in [-0.4, -0.2) is 45.2 Å². The molecule has 0 bridgehead atoms. The molecule has 3 aromatic rings. The van der Waals surface area contributed by atoms with Gasteiger partial charge in [-0.15, -0.1) is 0 Å². The largest absolute Gasteiger partial charge is 0.322 e. The van der Waals surface area contributed by atoms with E-state index in [1.807, 2.05) is 39.2 Å². The number of aryl methyl sites for hydroxylation is 3. The predicted molar refractivity (Wildman–Crippen MR) is 123 cm³/mol. The van der Waals surface area contributed by atoms with Crippen LogP contribution in [-0.2, 0) is 18.3 Å². The molecular formula is C25H30FN5O. The normalized spacial score (nSPS) is 15.1. The Labute approximate surface area is 188 Å². The first-order valence-corrected chi connectivity index (χ1v) is 11.1. The summed E-state index contributed by atoms with van der Waals surface area (Å²) in [6.45, 7) is 6.04. The number of nitrogens with one attached hydrogen (secondary N) is 1. The maximum atomic E-state index is 13.2. The fourth-order valence-corrected chi connectivity index (χ4v) is 4.42. The molecule has 0 radical (unpaired) electrons. The zero-order valence-corrected chi connectivity index (χ0v) is 18.9. The minimum Gasteiger partial charge on any atom is -0.322 e. The summed E-state index contributed by atoms with van der Waals surface area (Å²) in [4.78, 5) is 19.5. The van der Waals surface area contributed by atoms with Gasteiger partial charge in [-0.3, -0.25) is 19.4 Å². The molecule has 0 atom stereocenters. The molecule has 3 heterocycles. The maximum Gasteiger partial charge on any atom is 0.238 e. The molecular weight excluding hydrogens is 405 g/mol. The SMILES string of the molecule is Cc1cc(Cc2ccc(F)cc2)cc(C2CCN(CC(=O)Nc3cn(C)nc3C)CC2)n1. The van der Waals surface area contributed by atoms with E-state index in [2.05, 4.69) is 27.4 Å². The summed E-state index contributed by atoms with van der Waals surface area (Å²) in [6.07, 6.45) is 4.55. The van der Waals surface area contributed by atoms with Gasteiger partial charge in [-0.05, 0) is 81.6 Å². The van der Waals surface area contributed by atoms with Gasteiger partial charge in [0.05, 0.1) is 17.9 Å². The molecule has 1 saturated heterocycles. The highest BCUT2D eigenvalue weighted by atomic mass is 19.1. The molecule has 32 heavy (non-hydrogen) atoms. The monoisotopic (exact) mass is 435 g/mol. The summed E-state index contributed by atoms with van der Waals surface area (Å²) in [5, 5.41) is 7.23. The van der Waals surface area contributed by atoms with E-state index in [1.165, 1.54) is 17.7 Å². The van der Waals surface area contributed by atoms with Gasteiger partial charge in [0.25, 0.3) is 0 Å². The molecule has 1 aliphatic rings. The Bertz CT molecular complexity index is 1080. The minimum absolute atomic E-state index is 0.00480. The first-order valence-electron chi connectivity index (χ1n) is 11.1. The number of likely N-dealkylation sites (tertiary alicyclic amines) is 1. The van der Waals surface area contributed by atoms with E-state index < -0.39 is 0 Å². The average molecular weight is 436 g/mol. The molecule has 6 nitrogen and oxygen atoms in total. The molecule has 1 N–H and O–H groups in total. The van der Waals surface area contributed by atoms with Crippen LogP contribution in [0.4, 0.5) is 10.1 Å². The smallest absolute Gasteiger partial charge is 0.238 e. The van der Waals surface area contributed by atoms with E-state index in [0.717, 1.165) is 60.7 Å². The molecule has 2 aromatic heterocycles. The average Bonchev–Trinajstić information content (AvgIpc) is 3.06. The standard InChI is InChI=1S/C25H30FN5O/c1-17-12-20(13-19-4-6-22(26)7-5-19)14-23(27-17)21-8-10-31(11-9-21)16-25(32)28-24-15-30(3)29-18(24)2/h4-7,12,14-15,21H,8-11,13,16H2,1-3H3,(H,28,32). The van der Waals surface area contributed by atoms with Gasteiger partial charge in [-0.2, -0.15) is 5.10 Å². The lowest BCUT2D eigenvalue weighted by atomic mass is 9.91. The molecule has 1 amide bonds. The van der Waals surface area contributed by atoms with E-state index in [9.17, 15) is 9.18 Å². The maximum absolute atomic E-state index is 13.2. The molecule has 1 fully saturated rings. The Balaban J connectivity index is 1.33. The highest BCUT2D eigenvalue weighted by Gasteiger charge is 2.23. The summed E-state index contributed by atoms with van der Waals surface area (Å²) in [6, 6.07) is 11.0. The Kier molecular flexibility index (Phi) is 6.65. The summed E-state index contributed by atoms with van der Waals surface area (Å²) in [5.41, 5.74) is 6.01. The zero-order chi connectivity index (χ0) is 22.7. The Morgan fingerprint density at radius 2 is 1.84 bits per heavy atom. The third-order valence-electron chi connectivity index (χ3n) is 6.02. The first kappa shape index (κ1) is 22.1. The Morgan fingerprint density at radius 3 is 2.50 bits per heavy atom. The minimum atomic E-state index is -0.212. The number of halogens is 1. The van der Waals surface area contributed by atoms with Gasteiger partial charge in [0.1, 0.15) is 5.82 Å². The van der Waals surface area contributed by atoms with Crippen molar-refractivity contribution < 1.29 is 9.18 Å². The third kappa shape index (κ3) is 5.59. The second kappa shape index (κ2) is 9.61. The van der Waals surface area contributed by atoms with Crippen molar-refractivity contribution in [1.82, 2.24) is 19.7 Å². The van der Waals surface area contributed by atoms with Crippen molar-refractivity contribution in [2.45, 2.75) is 39.0 Å². The van der Waals surface area contributed by atoms with Crippen molar-refractivity contribution in [2.75, 3.05) is 25.0 Å². The van der Waals surface area contributed by atoms with Crippen LogP contribution in [0.15, 0.2) is 42.6 Å². The summed E-state index contributed by atoms with van der Waals surface area (Å²) in [5.74, 6) is 0.174. The van der Waals surface area contributed by atoms with E-state index in [-0.39, 0.29) is 11.7 Å². The summed E-state index contributed by atoms with van der Waals surface area (Å²) < 4.78 is 14.9. The van der Waals surface area contributed by atoms with Crippen LogP contribution in [0.3, 0.4) is 0 Å². The number of hydrogen-bond acceptors (Lipinski definition) is 4. The summed E-state index contributed by atoms with van der Waals surface area (Å²) in [7, 11) is 1.85.